The van der Waals surface area contributed by atoms with Gasteiger partial charge in [-0.25, -0.2) is 4.39 Å². The number of aromatic nitrogens is 1. The molecule has 0 atom stereocenters. The van der Waals surface area contributed by atoms with Crippen LogP contribution in [0, 0.1) is 17.1 Å². The Balaban J connectivity index is 3.26. The molecule has 0 aliphatic rings. The normalized spacial score (nSPS) is 11.0. The summed E-state index contributed by atoms with van der Waals surface area (Å²) in [5.41, 5.74) is -0.150. The molecule has 0 fully saturated rings. The van der Waals surface area contributed by atoms with Gasteiger partial charge in [-0.05, 0) is 35.8 Å². The first kappa shape index (κ1) is 10.1. The number of halogens is 2. The molecule has 1 rings (SSSR count). The third-order valence-corrected chi connectivity index (χ3v) is 2.28. The van der Waals surface area contributed by atoms with Crippen LogP contribution in [-0.4, -0.2) is 4.98 Å². The van der Waals surface area contributed by atoms with E-state index < -0.39 is 11.2 Å². The second-order valence-corrected chi connectivity index (χ2v) is 4.08. The van der Waals surface area contributed by atoms with Crippen molar-refractivity contribution in [3.05, 3.63) is 28.2 Å². The number of rotatable bonds is 1. The predicted octanol–water partition coefficient (Wildman–Crippen LogP) is 2.78. The Morgan fingerprint density at radius 3 is 2.69 bits per heavy atom. The van der Waals surface area contributed by atoms with Gasteiger partial charge >= 0.3 is 0 Å². The lowest BCUT2D eigenvalue weighted by Gasteiger charge is -2.15. The van der Waals surface area contributed by atoms with E-state index in [1.165, 1.54) is 6.07 Å². The van der Waals surface area contributed by atoms with Crippen LogP contribution in [0.3, 0.4) is 0 Å². The van der Waals surface area contributed by atoms with Crippen LogP contribution in [0.4, 0.5) is 4.39 Å². The van der Waals surface area contributed by atoms with Crippen LogP contribution in [-0.2, 0) is 5.41 Å². The van der Waals surface area contributed by atoms with Crippen molar-refractivity contribution in [1.82, 2.24) is 4.98 Å². The fourth-order valence-corrected chi connectivity index (χ4v) is 1.74. The van der Waals surface area contributed by atoms with Crippen LogP contribution in [0.1, 0.15) is 19.5 Å². The molecule has 0 bridgehead atoms. The van der Waals surface area contributed by atoms with Crippen LogP contribution in [0.2, 0.25) is 0 Å². The van der Waals surface area contributed by atoms with Crippen molar-refractivity contribution in [2.45, 2.75) is 19.3 Å². The Labute approximate surface area is 84.5 Å². The zero-order valence-electron chi connectivity index (χ0n) is 7.31. The van der Waals surface area contributed by atoms with Crippen LogP contribution in [0.25, 0.3) is 0 Å². The first-order valence-corrected chi connectivity index (χ1v) is 4.49. The molecular weight excluding hydrogens is 235 g/mol. The van der Waals surface area contributed by atoms with Gasteiger partial charge in [-0.15, -0.1) is 0 Å². The molecule has 68 valence electrons. The number of hydrogen-bond donors (Lipinski definition) is 0. The lowest BCUT2D eigenvalue weighted by atomic mass is 9.91. The topological polar surface area (TPSA) is 36.7 Å². The molecular formula is C9H8BrFN2. The van der Waals surface area contributed by atoms with Gasteiger partial charge in [0.15, 0.2) is 0 Å². The third kappa shape index (κ3) is 2.04. The summed E-state index contributed by atoms with van der Waals surface area (Å²) in [6.07, 6.45) is 1.11. The molecule has 0 aliphatic carbocycles. The zero-order valence-corrected chi connectivity index (χ0v) is 8.89. The average Bonchev–Trinajstić information content (AvgIpc) is 2.03. The van der Waals surface area contributed by atoms with Crippen molar-refractivity contribution >= 4 is 15.9 Å². The maximum absolute atomic E-state index is 12.7. The first-order valence-electron chi connectivity index (χ1n) is 3.70. The van der Waals surface area contributed by atoms with E-state index in [-0.39, 0.29) is 0 Å². The minimum Gasteiger partial charge on any atom is -0.255 e. The van der Waals surface area contributed by atoms with E-state index in [1.807, 2.05) is 0 Å². The van der Waals surface area contributed by atoms with E-state index in [9.17, 15) is 4.39 Å². The molecule has 2 nitrogen and oxygen atoms in total. The highest BCUT2D eigenvalue weighted by Gasteiger charge is 2.24. The Bertz CT molecular complexity index is 368. The van der Waals surface area contributed by atoms with E-state index in [2.05, 4.69) is 27.0 Å². The molecule has 0 saturated heterocycles. The average molecular weight is 243 g/mol. The minimum absolute atomic E-state index is 0.413. The van der Waals surface area contributed by atoms with Crippen LogP contribution in [0.5, 0.6) is 0 Å². The molecule has 4 heteroatoms. The van der Waals surface area contributed by atoms with Gasteiger partial charge in [0.25, 0.3) is 0 Å². The number of nitriles is 1. The van der Waals surface area contributed by atoms with Gasteiger partial charge in [0.05, 0.1) is 23.4 Å². The first-order chi connectivity index (χ1) is 5.97. The fourth-order valence-electron chi connectivity index (χ4n) is 0.927. The van der Waals surface area contributed by atoms with Crippen molar-refractivity contribution in [2.75, 3.05) is 0 Å². The van der Waals surface area contributed by atoms with E-state index in [4.69, 9.17) is 5.26 Å². The van der Waals surface area contributed by atoms with Gasteiger partial charge in [0, 0.05) is 4.47 Å². The Kier molecular flexibility index (Phi) is 2.67. The van der Waals surface area contributed by atoms with Gasteiger partial charge in [0.1, 0.15) is 5.82 Å². The highest BCUT2D eigenvalue weighted by atomic mass is 79.9. The largest absolute Gasteiger partial charge is 0.255 e. The molecule has 0 radical (unpaired) electrons. The standard InChI is InChI=1S/C9H8BrFN2/c1-9(2,5-12)8-7(10)3-6(11)4-13-8/h3-4H,1-2H3. The minimum atomic E-state index is -0.702. The third-order valence-electron chi connectivity index (χ3n) is 1.68. The molecule has 0 amide bonds. The summed E-state index contributed by atoms with van der Waals surface area (Å²) in [7, 11) is 0. The van der Waals surface area contributed by atoms with Crippen molar-refractivity contribution in [2.24, 2.45) is 0 Å². The summed E-state index contributed by atoms with van der Waals surface area (Å²) in [6.45, 7) is 3.47. The van der Waals surface area contributed by atoms with E-state index in [0.717, 1.165) is 6.20 Å². The summed E-state index contributed by atoms with van der Waals surface area (Å²) in [4.78, 5) is 3.88. The molecule has 0 unspecified atom stereocenters. The maximum Gasteiger partial charge on any atom is 0.142 e. The quantitative estimate of drug-likeness (QED) is 0.760. The number of pyridine rings is 1. The summed E-state index contributed by atoms with van der Waals surface area (Å²) < 4.78 is 13.2. The molecule has 0 N–H and O–H groups in total. The monoisotopic (exact) mass is 242 g/mol. The summed E-state index contributed by atoms with van der Waals surface area (Å²) in [5, 5.41) is 8.84. The Morgan fingerprint density at radius 2 is 2.23 bits per heavy atom. The summed E-state index contributed by atoms with van der Waals surface area (Å²) in [5.74, 6) is -0.413. The smallest absolute Gasteiger partial charge is 0.142 e. The zero-order chi connectivity index (χ0) is 10.1. The van der Waals surface area contributed by atoms with Gasteiger partial charge in [-0.2, -0.15) is 5.26 Å². The number of nitrogens with zero attached hydrogens (tertiary/aromatic N) is 2. The molecule has 13 heavy (non-hydrogen) atoms. The van der Waals surface area contributed by atoms with Crippen LogP contribution < -0.4 is 0 Å². The van der Waals surface area contributed by atoms with Crippen molar-refractivity contribution < 1.29 is 4.39 Å². The second-order valence-electron chi connectivity index (χ2n) is 3.22. The Hall–Kier alpha value is -0.950. The van der Waals surface area contributed by atoms with Gasteiger partial charge < -0.3 is 0 Å². The van der Waals surface area contributed by atoms with E-state index >= 15 is 0 Å². The van der Waals surface area contributed by atoms with Gasteiger partial charge in [-0.1, -0.05) is 0 Å². The predicted molar refractivity (Wildman–Crippen MR) is 50.5 cm³/mol. The number of hydrogen-bond acceptors (Lipinski definition) is 2. The lowest BCUT2D eigenvalue weighted by Crippen LogP contribution is -2.16. The van der Waals surface area contributed by atoms with E-state index in [1.54, 1.807) is 13.8 Å². The van der Waals surface area contributed by atoms with Crippen LogP contribution in [0.15, 0.2) is 16.7 Å². The lowest BCUT2D eigenvalue weighted by molar-refractivity contribution is 0.601. The van der Waals surface area contributed by atoms with Crippen molar-refractivity contribution in [3.8, 4) is 6.07 Å². The molecule has 1 heterocycles. The SMILES string of the molecule is CC(C)(C#N)c1ncc(F)cc1Br. The molecule has 0 saturated carbocycles. The fraction of sp³-hybridized carbons (Fsp3) is 0.333. The Morgan fingerprint density at radius 1 is 1.62 bits per heavy atom. The second kappa shape index (κ2) is 3.43. The van der Waals surface area contributed by atoms with Crippen molar-refractivity contribution in [1.29, 1.82) is 5.26 Å². The van der Waals surface area contributed by atoms with Crippen LogP contribution >= 0.6 is 15.9 Å². The molecule has 0 aliphatic heterocycles. The van der Waals surface area contributed by atoms with Crippen molar-refractivity contribution in [3.63, 3.8) is 0 Å². The highest BCUT2D eigenvalue weighted by molar-refractivity contribution is 9.10. The maximum atomic E-state index is 12.7. The van der Waals surface area contributed by atoms with E-state index in [0.29, 0.717) is 10.2 Å². The summed E-state index contributed by atoms with van der Waals surface area (Å²) >= 11 is 3.17. The molecule has 0 aromatic carbocycles. The molecule has 1 aromatic heterocycles. The summed E-state index contributed by atoms with van der Waals surface area (Å²) in [6, 6.07) is 3.41. The molecule has 0 spiro atoms. The molecule has 1 aromatic rings. The highest BCUT2D eigenvalue weighted by Crippen LogP contribution is 2.27. The van der Waals surface area contributed by atoms with Gasteiger partial charge in [-0.3, -0.25) is 4.98 Å². The van der Waals surface area contributed by atoms with Gasteiger partial charge in [0.2, 0.25) is 0 Å².